The normalized spacial score (nSPS) is 14.3. The molecule has 0 spiro atoms. The minimum Gasteiger partial charge on any atom is -0.325 e. The van der Waals surface area contributed by atoms with Crippen LogP contribution in [-0.4, -0.2) is 37.3 Å². The van der Waals surface area contributed by atoms with Crippen LogP contribution in [0.2, 0.25) is 4.34 Å². The molecule has 12 heteroatoms. The van der Waals surface area contributed by atoms with Gasteiger partial charge in [-0.1, -0.05) is 47.9 Å². The second-order valence-electron chi connectivity index (χ2n) is 7.50. The fourth-order valence-electron chi connectivity index (χ4n) is 3.41. The first kappa shape index (κ1) is 24.3. The molecule has 2 aromatic rings. The molecular weight excluding hydrogens is 476 g/mol. The third-order valence-electron chi connectivity index (χ3n) is 4.91. The van der Waals surface area contributed by atoms with Gasteiger partial charge in [0.1, 0.15) is 10.8 Å². The lowest BCUT2D eigenvalue weighted by Gasteiger charge is -2.13. The van der Waals surface area contributed by atoms with Crippen molar-refractivity contribution >= 4 is 61.4 Å². The number of aromatic nitrogens is 1. The van der Waals surface area contributed by atoms with E-state index in [-0.39, 0.29) is 33.4 Å². The number of nitrogens with zero attached hydrogens (tertiary/aromatic N) is 1. The van der Waals surface area contributed by atoms with Crippen molar-refractivity contribution in [2.24, 2.45) is 5.92 Å². The van der Waals surface area contributed by atoms with Gasteiger partial charge in [0.25, 0.3) is 0 Å². The van der Waals surface area contributed by atoms with E-state index in [1.807, 2.05) is 0 Å². The van der Waals surface area contributed by atoms with Crippen molar-refractivity contribution in [3.8, 4) is 0 Å². The first-order valence-electron chi connectivity index (χ1n) is 9.95. The molecule has 1 aromatic carbocycles. The van der Waals surface area contributed by atoms with Crippen molar-refractivity contribution in [2.75, 3.05) is 16.9 Å². The smallest absolute Gasteiger partial charge is 0.235 e. The Bertz CT molecular complexity index is 1130. The number of amides is 2. The van der Waals surface area contributed by atoms with E-state index in [1.165, 1.54) is 0 Å². The van der Waals surface area contributed by atoms with Gasteiger partial charge >= 0.3 is 0 Å². The van der Waals surface area contributed by atoms with Gasteiger partial charge in [0.2, 0.25) is 21.8 Å². The van der Waals surface area contributed by atoms with Crippen LogP contribution in [-0.2, 0) is 26.2 Å². The van der Waals surface area contributed by atoms with Crippen LogP contribution in [0.5, 0.6) is 0 Å². The van der Waals surface area contributed by atoms with E-state index in [4.69, 9.17) is 11.6 Å². The van der Waals surface area contributed by atoms with E-state index in [2.05, 4.69) is 20.3 Å². The van der Waals surface area contributed by atoms with Crippen molar-refractivity contribution in [3.63, 3.8) is 0 Å². The monoisotopic (exact) mass is 498 g/mol. The van der Waals surface area contributed by atoms with Gasteiger partial charge in [0.05, 0.1) is 24.2 Å². The molecule has 0 atom stereocenters. The summed E-state index contributed by atoms with van der Waals surface area (Å²) in [5.41, 5.74) is 1.10. The zero-order valence-electron chi connectivity index (χ0n) is 17.3. The summed E-state index contributed by atoms with van der Waals surface area (Å²) in [7, 11) is -3.42. The largest absolute Gasteiger partial charge is 0.325 e. The van der Waals surface area contributed by atoms with Crippen LogP contribution in [0.15, 0.2) is 24.3 Å². The zero-order valence-corrected chi connectivity index (χ0v) is 19.7. The number of rotatable bonds is 9. The fraction of sp³-hybridized carbons (Fsp3) is 0.400. The van der Waals surface area contributed by atoms with Gasteiger partial charge in [-0.2, -0.15) is 0 Å². The maximum Gasteiger partial charge on any atom is 0.235 e. The molecule has 2 amide bonds. The summed E-state index contributed by atoms with van der Waals surface area (Å²) in [5, 5.41) is 5.27. The number of carbonyl (C=O) groups is 3. The summed E-state index contributed by atoms with van der Waals surface area (Å²) in [6.45, 7) is -0.115. The van der Waals surface area contributed by atoms with Gasteiger partial charge in [0, 0.05) is 11.5 Å². The Kier molecular flexibility index (Phi) is 7.99. The molecule has 0 saturated heterocycles. The Hall–Kier alpha value is -2.34. The summed E-state index contributed by atoms with van der Waals surface area (Å²) in [4.78, 5) is 41.5. The molecule has 1 aliphatic carbocycles. The number of para-hydroxylation sites is 1. The summed E-state index contributed by atoms with van der Waals surface area (Å²) >= 11 is 6.99. The number of carbonyl (C=O) groups excluding carboxylic acids is 3. The molecule has 32 heavy (non-hydrogen) atoms. The number of nitrogens with one attached hydrogen (secondary N) is 3. The van der Waals surface area contributed by atoms with Gasteiger partial charge in [-0.05, 0) is 25.0 Å². The highest BCUT2D eigenvalue weighted by atomic mass is 35.5. The maximum absolute atomic E-state index is 12.8. The Morgan fingerprint density at radius 1 is 1.12 bits per heavy atom. The van der Waals surface area contributed by atoms with Crippen LogP contribution < -0.4 is 15.4 Å². The van der Waals surface area contributed by atoms with E-state index >= 15 is 0 Å². The quantitative estimate of drug-likeness (QED) is 0.359. The van der Waals surface area contributed by atoms with E-state index in [0.29, 0.717) is 11.3 Å². The van der Waals surface area contributed by atoms with E-state index in [1.54, 1.807) is 24.3 Å². The topological polar surface area (TPSA) is 134 Å². The number of benzene rings is 1. The predicted molar refractivity (Wildman–Crippen MR) is 123 cm³/mol. The zero-order chi connectivity index (χ0) is 23.3. The molecular formula is C20H23ClN4O5S2. The van der Waals surface area contributed by atoms with Crippen LogP contribution in [0, 0.1) is 5.92 Å². The van der Waals surface area contributed by atoms with Crippen LogP contribution in [0.3, 0.4) is 0 Å². The van der Waals surface area contributed by atoms with E-state index in [0.717, 1.165) is 43.3 Å². The number of hydrogen-bond donors (Lipinski definition) is 3. The summed E-state index contributed by atoms with van der Waals surface area (Å²) < 4.78 is 24.9. The highest BCUT2D eigenvalue weighted by Gasteiger charge is 2.26. The molecule has 1 fully saturated rings. The van der Waals surface area contributed by atoms with Crippen molar-refractivity contribution in [2.45, 2.75) is 38.6 Å². The molecule has 1 heterocycles. The van der Waals surface area contributed by atoms with Crippen LogP contribution in [0.25, 0.3) is 0 Å². The predicted octanol–water partition coefficient (Wildman–Crippen LogP) is 3.19. The first-order valence-corrected chi connectivity index (χ1v) is 13.0. The van der Waals surface area contributed by atoms with Crippen LogP contribution >= 0.6 is 22.9 Å². The van der Waals surface area contributed by atoms with Crippen molar-refractivity contribution < 1.29 is 22.8 Å². The number of anilines is 2. The lowest BCUT2D eigenvalue weighted by Crippen LogP contribution is -2.23. The van der Waals surface area contributed by atoms with Crippen molar-refractivity contribution in [1.82, 2.24) is 9.71 Å². The second kappa shape index (κ2) is 10.5. The molecule has 0 aliphatic heterocycles. The minimum atomic E-state index is -3.42. The van der Waals surface area contributed by atoms with Crippen molar-refractivity contribution in [1.29, 1.82) is 0 Å². The van der Waals surface area contributed by atoms with Gasteiger partial charge < -0.3 is 10.6 Å². The minimum absolute atomic E-state index is 0.00973. The highest BCUT2D eigenvalue weighted by Crippen LogP contribution is 2.31. The number of ketones is 1. The van der Waals surface area contributed by atoms with Crippen LogP contribution in [0.4, 0.5) is 10.8 Å². The highest BCUT2D eigenvalue weighted by molar-refractivity contribution is 7.88. The van der Waals surface area contributed by atoms with Gasteiger partial charge in [0.15, 0.2) is 10.9 Å². The molecule has 9 nitrogen and oxygen atoms in total. The number of hydrogen-bond acceptors (Lipinski definition) is 7. The number of Topliss-reactive ketones (excluding diaryl/α,β-unsaturated/α-hetero) is 1. The summed E-state index contributed by atoms with van der Waals surface area (Å²) in [6, 6.07) is 6.78. The third-order valence-corrected chi connectivity index (χ3v) is 6.83. The summed E-state index contributed by atoms with van der Waals surface area (Å²) in [6.07, 6.45) is 4.27. The van der Waals surface area contributed by atoms with E-state index in [9.17, 15) is 22.8 Å². The van der Waals surface area contributed by atoms with Gasteiger partial charge in [-0.25, -0.2) is 18.1 Å². The standard InChI is InChI=1S/C20H23ClN4O5S2/c1-32(29,30)22-11-15-19(21)31-20(24-15)25-17(27)10-16(26)23-14-9-5-4-8-13(14)18(28)12-6-2-3-7-12/h4-5,8-9,12,22H,2-3,6-7,10-11H2,1H3,(H,23,26)(H,24,25,27). The number of thiazole rings is 1. The molecule has 172 valence electrons. The second-order valence-corrected chi connectivity index (χ2v) is 10.9. The lowest BCUT2D eigenvalue weighted by atomic mass is 9.95. The Balaban J connectivity index is 1.58. The average Bonchev–Trinajstić information content (AvgIpc) is 3.35. The van der Waals surface area contributed by atoms with Crippen LogP contribution in [0.1, 0.15) is 48.2 Å². The molecule has 0 unspecified atom stereocenters. The third kappa shape index (κ3) is 6.83. The summed E-state index contributed by atoms with van der Waals surface area (Å²) in [5.74, 6) is -1.21. The maximum atomic E-state index is 12.8. The van der Waals surface area contributed by atoms with Crippen molar-refractivity contribution in [3.05, 3.63) is 39.9 Å². The average molecular weight is 499 g/mol. The Morgan fingerprint density at radius 2 is 1.78 bits per heavy atom. The Morgan fingerprint density at radius 3 is 2.47 bits per heavy atom. The van der Waals surface area contributed by atoms with Gasteiger partial charge in [-0.15, -0.1) is 0 Å². The fourth-order valence-corrected chi connectivity index (χ4v) is 4.87. The molecule has 1 aromatic heterocycles. The molecule has 1 aliphatic rings. The number of sulfonamides is 1. The first-order chi connectivity index (χ1) is 15.1. The molecule has 0 radical (unpaired) electrons. The lowest BCUT2D eigenvalue weighted by molar-refractivity contribution is -0.123. The molecule has 0 bridgehead atoms. The van der Waals surface area contributed by atoms with E-state index < -0.39 is 28.3 Å². The molecule has 1 saturated carbocycles. The molecule has 3 rings (SSSR count). The van der Waals surface area contributed by atoms with Gasteiger partial charge in [-0.3, -0.25) is 14.4 Å². The number of halogens is 1. The Labute approximate surface area is 195 Å². The molecule has 3 N–H and O–H groups in total. The SMILES string of the molecule is CS(=O)(=O)NCc1nc(NC(=O)CC(=O)Nc2ccccc2C(=O)C2CCCC2)sc1Cl.